The number of rotatable bonds is 2. The molecule has 1 aliphatic rings. The van der Waals surface area contributed by atoms with Crippen LogP contribution in [0.25, 0.3) is 11.0 Å². The summed E-state index contributed by atoms with van der Waals surface area (Å²) in [6.07, 6.45) is 1.93. The average molecular weight is 443 g/mol. The molecule has 1 aromatic carbocycles. The Kier molecular flexibility index (Phi) is 5.72. The molecule has 31 heavy (non-hydrogen) atoms. The topological polar surface area (TPSA) is 131 Å². The van der Waals surface area contributed by atoms with Gasteiger partial charge in [0.15, 0.2) is 0 Å². The zero-order valence-electron chi connectivity index (χ0n) is 16.4. The summed E-state index contributed by atoms with van der Waals surface area (Å²) in [4.78, 5) is 60.7. The first kappa shape index (κ1) is 20.6. The number of aromatic nitrogens is 3. The number of carbonyl (C=O) groups is 2. The predicted octanol–water partition coefficient (Wildman–Crippen LogP) is 1.64. The van der Waals surface area contributed by atoms with Crippen molar-refractivity contribution < 1.29 is 9.59 Å². The van der Waals surface area contributed by atoms with Crippen LogP contribution in [0.2, 0.25) is 5.02 Å². The van der Waals surface area contributed by atoms with E-state index < -0.39 is 11.2 Å². The molecule has 3 heterocycles. The molecule has 0 unspecified atom stereocenters. The molecule has 0 aliphatic carbocycles. The van der Waals surface area contributed by atoms with Gasteiger partial charge in [-0.05, 0) is 30.7 Å². The summed E-state index contributed by atoms with van der Waals surface area (Å²) in [6.45, 7) is 1.64. The number of benzene rings is 1. The molecular weight excluding hydrogens is 424 g/mol. The van der Waals surface area contributed by atoms with E-state index in [1.54, 1.807) is 34.1 Å². The number of urea groups is 1. The van der Waals surface area contributed by atoms with Crippen LogP contribution < -0.4 is 16.6 Å². The third kappa shape index (κ3) is 4.58. The number of pyridine rings is 1. The molecule has 1 saturated heterocycles. The van der Waals surface area contributed by atoms with Gasteiger partial charge in [0.05, 0.1) is 10.9 Å². The second kappa shape index (κ2) is 8.60. The number of nitrogens with one attached hydrogen (secondary N) is 3. The zero-order chi connectivity index (χ0) is 22.0. The molecule has 4 rings (SSSR count). The second-order valence-corrected chi connectivity index (χ2v) is 7.54. The van der Waals surface area contributed by atoms with Crippen LogP contribution in [0.4, 0.5) is 10.5 Å². The maximum Gasteiger partial charge on any atom is 0.327 e. The van der Waals surface area contributed by atoms with Crippen molar-refractivity contribution in [2.45, 2.75) is 6.42 Å². The van der Waals surface area contributed by atoms with Crippen molar-refractivity contribution in [3.8, 4) is 0 Å². The van der Waals surface area contributed by atoms with Crippen molar-refractivity contribution in [2.24, 2.45) is 0 Å². The molecular formula is C20H19ClN6O4. The predicted molar refractivity (Wildman–Crippen MR) is 116 cm³/mol. The molecule has 0 bridgehead atoms. The van der Waals surface area contributed by atoms with Gasteiger partial charge < -0.3 is 15.1 Å². The smallest absolute Gasteiger partial charge is 0.327 e. The summed E-state index contributed by atoms with van der Waals surface area (Å²) in [5.74, 6) is -0.294. The van der Waals surface area contributed by atoms with Crippen molar-refractivity contribution in [1.82, 2.24) is 24.8 Å². The van der Waals surface area contributed by atoms with Gasteiger partial charge in [-0.2, -0.15) is 0 Å². The fraction of sp³-hybridized carbons (Fsp3) is 0.250. The summed E-state index contributed by atoms with van der Waals surface area (Å²) in [7, 11) is 0. The normalized spacial score (nSPS) is 14.4. The van der Waals surface area contributed by atoms with Gasteiger partial charge in [-0.15, -0.1) is 0 Å². The Hall–Kier alpha value is -3.66. The molecule has 1 aliphatic heterocycles. The molecule has 3 N–H and O–H groups in total. The summed E-state index contributed by atoms with van der Waals surface area (Å²) in [5.41, 5.74) is -0.319. The van der Waals surface area contributed by atoms with Gasteiger partial charge in [0.25, 0.3) is 11.5 Å². The largest absolute Gasteiger partial charge is 0.337 e. The molecule has 0 spiro atoms. The highest BCUT2D eigenvalue weighted by molar-refractivity contribution is 6.30. The highest BCUT2D eigenvalue weighted by Crippen LogP contribution is 2.16. The second-order valence-electron chi connectivity index (χ2n) is 7.10. The number of carbonyl (C=O) groups excluding carboxylic acids is 2. The Balaban J connectivity index is 1.45. The van der Waals surface area contributed by atoms with Crippen LogP contribution in [0.5, 0.6) is 0 Å². The number of aromatic amines is 2. The molecule has 0 radical (unpaired) electrons. The van der Waals surface area contributed by atoms with Crippen molar-refractivity contribution in [3.63, 3.8) is 0 Å². The first-order valence-electron chi connectivity index (χ1n) is 9.64. The van der Waals surface area contributed by atoms with E-state index in [-0.39, 0.29) is 28.5 Å². The van der Waals surface area contributed by atoms with Crippen LogP contribution in [-0.2, 0) is 0 Å². The lowest BCUT2D eigenvalue weighted by atomic mass is 10.2. The van der Waals surface area contributed by atoms with E-state index in [9.17, 15) is 19.2 Å². The fourth-order valence-electron chi connectivity index (χ4n) is 3.44. The van der Waals surface area contributed by atoms with Crippen LogP contribution in [0, 0.1) is 0 Å². The molecule has 11 heteroatoms. The lowest BCUT2D eigenvalue weighted by molar-refractivity contribution is 0.0762. The Morgan fingerprint density at radius 1 is 1.03 bits per heavy atom. The number of hydrogen-bond donors (Lipinski definition) is 3. The minimum atomic E-state index is -0.660. The van der Waals surface area contributed by atoms with Gasteiger partial charge in [0.2, 0.25) is 0 Å². The number of amides is 3. The number of anilines is 1. The number of nitrogens with zero attached hydrogens (tertiary/aromatic N) is 3. The summed E-state index contributed by atoms with van der Waals surface area (Å²) >= 11 is 5.95. The third-order valence-electron chi connectivity index (χ3n) is 4.98. The zero-order valence-corrected chi connectivity index (χ0v) is 17.1. The Morgan fingerprint density at radius 2 is 1.81 bits per heavy atom. The molecule has 0 atom stereocenters. The fourth-order valence-corrected chi connectivity index (χ4v) is 3.63. The van der Waals surface area contributed by atoms with E-state index in [4.69, 9.17) is 11.6 Å². The first-order valence-corrected chi connectivity index (χ1v) is 10.0. The lowest BCUT2D eigenvalue weighted by Gasteiger charge is -2.22. The van der Waals surface area contributed by atoms with Crippen molar-refractivity contribution >= 4 is 40.3 Å². The van der Waals surface area contributed by atoms with E-state index in [0.717, 1.165) is 0 Å². The van der Waals surface area contributed by atoms with E-state index >= 15 is 0 Å². The third-order valence-corrected chi connectivity index (χ3v) is 5.22. The highest BCUT2D eigenvalue weighted by atomic mass is 35.5. The standard InChI is InChI=1S/C20H19ClN6O4/c21-13-3-1-4-14(10-13)23-20(31)27-6-2-5-26(7-8-27)18(29)12-9-15-16(22-11-12)24-19(30)25-17(15)28/h1,3-4,9-11H,2,5-8H2,(H,23,31)(H2,22,24,25,28,30). The first-order chi connectivity index (χ1) is 14.9. The van der Waals surface area contributed by atoms with Gasteiger partial charge in [-0.3, -0.25) is 19.6 Å². The number of halogens is 1. The molecule has 3 aromatic rings. The van der Waals surface area contributed by atoms with Crippen molar-refractivity contribution in [2.75, 3.05) is 31.5 Å². The van der Waals surface area contributed by atoms with Crippen molar-refractivity contribution in [3.05, 3.63) is 68.0 Å². The van der Waals surface area contributed by atoms with Crippen LogP contribution in [0.1, 0.15) is 16.8 Å². The van der Waals surface area contributed by atoms with Gasteiger partial charge in [0.1, 0.15) is 5.65 Å². The Morgan fingerprint density at radius 3 is 2.61 bits per heavy atom. The maximum atomic E-state index is 12.9. The van der Waals surface area contributed by atoms with Gasteiger partial charge >= 0.3 is 11.7 Å². The lowest BCUT2D eigenvalue weighted by Crippen LogP contribution is -2.39. The summed E-state index contributed by atoms with van der Waals surface area (Å²) in [5, 5.41) is 3.46. The van der Waals surface area contributed by atoms with Gasteiger partial charge in [0, 0.05) is 43.1 Å². The monoisotopic (exact) mass is 442 g/mol. The highest BCUT2D eigenvalue weighted by Gasteiger charge is 2.23. The SMILES string of the molecule is O=C(Nc1cccc(Cl)c1)N1CCCN(C(=O)c2cnc3[nH]c(=O)[nH]c(=O)c3c2)CC1. The van der Waals surface area contributed by atoms with E-state index in [1.807, 2.05) is 0 Å². The minimum absolute atomic E-state index is 0.116. The summed E-state index contributed by atoms with van der Waals surface area (Å²) in [6, 6.07) is 8.03. The molecule has 2 aromatic heterocycles. The minimum Gasteiger partial charge on any atom is -0.337 e. The number of hydrogen-bond acceptors (Lipinski definition) is 5. The maximum absolute atomic E-state index is 12.9. The van der Waals surface area contributed by atoms with Crippen molar-refractivity contribution in [1.29, 1.82) is 0 Å². The average Bonchev–Trinajstić information content (AvgIpc) is 2.99. The van der Waals surface area contributed by atoms with E-state index in [1.165, 1.54) is 12.3 Å². The summed E-state index contributed by atoms with van der Waals surface area (Å²) < 4.78 is 0. The van der Waals surface area contributed by atoms with Gasteiger partial charge in [-0.25, -0.2) is 14.6 Å². The van der Waals surface area contributed by atoms with E-state index in [2.05, 4.69) is 20.3 Å². The van der Waals surface area contributed by atoms with Crippen LogP contribution in [0.15, 0.2) is 46.1 Å². The molecule has 160 valence electrons. The number of H-pyrrole nitrogens is 2. The van der Waals surface area contributed by atoms with Crippen LogP contribution in [-0.4, -0.2) is 62.9 Å². The molecule has 10 nitrogen and oxygen atoms in total. The molecule has 0 saturated carbocycles. The van der Waals surface area contributed by atoms with Crippen LogP contribution in [0.3, 0.4) is 0 Å². The Bertz CT molecular complexity index is 1270. The Labute approximate surface area is 180 Å². The van der Waals surface area contributed by atoms with Crippen LogP contribution >= 0.6 is 11.6 Å². The molecule has 3 amide bonds. The van der Waals surface area contributed by atoms with Gasteiger partial charge in [-0.1, -0.05) is 17.7 Å². The quantitative estimate of drug-likeness (QED) is 0.555. The number of fused-ring (bicyclic) bond motifs is 1. The molecule has 1 fully saturated rings. The van der Waals surface area contributed by atoms with E-state index in [0.29, 0.717) is 43.3 Å².